The van der Waals surface area contributed by atoms with Crippen molar-refractivity contribution in [2.45, 2.75) is 33.7 Å². The van der Waals surface area contributed by atoms with Crippen LogP contribution in [0.15, 0.2) is 36.4 Å². The highest BCUT2D eigenvalue weighted by Crippen LogP contribution is 2.18. The second kappa shape index (κ2) is 7.30. The maximum Gasteiger partial charge on any atom is 0.335 e. The van der Waals surface area contributed by atoms with Crippen molar-refractivity contribution in [2.24, 2.45) is 0 Å². The minimum absolute atomic E-state index is 0.0485. The smallest absolute Gasteiger partial charge is 0.335 e. The zero-order valence-electron chi connectivity index (χ0n) is 14.6. The number of aromatic carboxylic acids is 1. The predicted octanol–water partition coefficient (Wildman–Crippen LogP) is 3.51. The van der Waals surface area contributed by atoms with Crippen molar-refractivity contribution < 1.29 is 14.7 Å². The van der Waals surface area contributed by atoms with E-state index in [1.165, 1.54) is 5.56 Å². The largest absolute Gasteiger partial charge is 0.478 e. The van der Waals surface area contributed by atoms with Gasteiger partial charge in [-0.15, -0.1) is 0 Å². The Balaban J connectivity index is 2.06. The molecule has 0 atom stereocenters. The lowest BCUT2D eigenvalue weighted by atomic mass is 9.97. The summed E-state index contributed by atoms with van der Waals surface area (Å²) in [6.45, 7) is 6.58. The molecule has 2 aromatic rings. The second-order valence-corrected chi connectivity index (χ2v) is 6.31. The Morgan fingerprint density at radius 3 is 2.04 bits per heavy atom. The first-order valence-corrected chi connectivity index (χ1v) is 7.91. The van der Waals surface area contributed by atoms with Crippen LogP contribution in [0, 0.1) is 20.8 Å². The molecule has 2 aromatic carbocycles. The standard InChI is InChI=1S/C20H23NO3/c1-13-9-14(2)18(15(3)10-13)11-19(22)21(4)12-16-5-7-17(8-6-16)20(23)24/h5-10H,11-12H2,1-4H3,(H,23,24). The quantitative estimate of drug-likeness (QED) is 0.915. The molecule has 0 fully saturated rings. The molecule has 0 aliphatic heterocycles. The van der Waals surface area contributed by atoms with E-state index in [0.717, 1.165) is 22.3 Å². The van der Waals surface area contributed by atoms with E-state index in [1.807, 2.05) is 13.8 Å². The highest BCUT2D eigenvalue weighted by molar-refractivity contribution is 5.87. The Morgan fingerprint density at radius 2 is 1.54 bits per heavy atom. The molecule has 0 bridgehead atoms. The van der Waals surface area contributed by atoms with E-state index >= 15 is 0 Å². The fraction of sp³-hybridized carbons (Fsp3) is 0.300. The molecule has 2 rings (SSSR count). The molecule has 0 saturated heterocycles. The van der Waals surface area contributed by atoms with E-state index < -0.39 is 5.97 Å². The molecule has 4 heteroatoms. The second-order valence-electron chi connectivity index (χ2n) is 6.31. The van der Waals surface area contributed by atoms with Gasteiger partial charge < -0.3 is 10.0 Å². The minimum atomic E-state index is -0.948. The number of amides is 1. The first-order valence-electron chi connectivity index (χ1n) is 7.91. The van der Waals surface area contributed by atoms with E-state index in [9.17, 15) is 9.59 Å². The zero-order chi connectivity index (χ0) is 17.9. The van der Waals surface area contributed by atoms with Crippen LogP contribution in [0.2, 0.25) is 0 Å². The van der Waals surface area contributed by atoms with Crippen molar-refractivity contribution in [1.82, 2.24) is 4.90 Å². The van der Waals surface area contributed by atoms with E-state index in [2.05, 4.69) is 19.1 Å². The van der Waals surface area contributed by atoms with Gasteiger partial charge in [-0.1, -0.05) is 29.8 Å². The van der Waals surface area contributed by atoms with Gasteiger partial charge in [0, 0.05) is 13.6 Å². The van der Waals surface area contributed by atoms with Crippen LogP contribution >= 0.6 is 0 Å². The first kappa shape index (κ1) is 17.7. The number of carbonyl (C=O) groups excluding carboxylic acids is 1. The van der Waals surface area contributed by atoms with Crippen LogP contribution in [0.3, 0.4) is 0 Å². The van der Waals surface area contributed by atoms with Gasteiger partial charge in [-0.25, -0.2) is 4.79 Å². The maximum atomic E-state index is 12.5. The summed E-state index contributed by atoms with van der Waals surface area (Å²) in [5.41, 5.74) is 5.72. The van der Waals surface area contributed by atoms with Crippen LogP contribution in [0.4, 0.5) is 0 Å². The summed E-state index contributed by atoms with van der Waals surface area (Å²) in [4.78, 5) is 25.1. The summed E-state index contributed by atoms with van der Waals surface area (Å²) in [5, 5.41) is 8.92. The molecule has 0 radical (unpaired) electrons. The third kappa shape index (κ3) is 4.22. The molecule has 0 spiro atoms. The van der Waals surface area contributed by atoms with Crippen LogP contribution < -0.4 is 0 Å². The van der Waals surface area contributed by atoms with Crippen LogP contribution in [-0.4, -0.2) is 28.9 Å². The molecule has 0 heterocycles. The Labute approximate surface area is 142 Å². The van der Waals surface area contributed by atoms with Gasteiger partial charge in [-0.3, -0.25) is 4.79 Å². The average molecular weight is 325 g/mol. The van der Waals surface area contributed by atoms with Gasteiger partial charge in [0.15, 0.2) is 0 Å². The monoisotopic (exact) mass is 325 g/mol. The summed E-state index contributed by atoms with van der Waals surface area (Å²) >= 11 is 0. The molecule has 1 amide bonds. The Morgan fingerprint density at radius 1 is 1.00 bits per heavy atom. The molecule has 0 saturated carbocycles. The summed E-state index contributed by atoms with van der Waals surface area (Å²) in [6.07, 6.45) is 0.377. The summed E-state index contributed by atoms with van der Waals surface area (Å²) < 4.78 is 0. The number of hydrogen-bond donors (Lipinski definition) is 1. The molecular formula is C20H23NO3. The van der Waals surface area contributed by atoms with Crippen LogP contribution in [-0.2, 0) is 17.8 Å². The fourth-order valence-electron chi connectivity index (χ4n) is 2.89. The lowest BCUT2D eigenvalue weighted by Crippen LogP contribution is -2.28. The van der Waals surface area contributed by atoms with Gasteiger partial charge in [0.05, 0.1) is 12.0 Å². The van der Waals surface area contributed by atoms with Gasteiger partial charge in [0.25, 0.3) is 0 Å². The van der Waals surface area contributed by atoms with Crippen LogP contribution in [0.25, 0.3) is 0 Å². The van der Waals surface area contributed by atoms with E-state index in [1.54, 1.807) is 36.2 Å². The molecule has 0 unspecified atom stereocenters. The highest BCUT2D eigenvalue weighted by Gasteiger charge is 2.14. The van der Waals surface area contributed by atoms with Gasteiger partial charge >= 0.3 is 5.97 Å². The van der Waals surface area contributed by atoms with Gasteiger partial charge in [-0.2, -0.15) is 0 Å². The number of aryl methyl sites for hydroxylation is 3. The third-order valence-electron chi connectivity index (χ3n) is 4.21. The van der Waals surface area contributed by atoms with Crippen molar-refractivity contribution in [1.29, 1.82) is 0 Å². The molecule has 0 aliphatic carbocycles. The van der Waals surface area contributed by atoms with Crippen LogP contribution in [0.5, 0.6) is 0 Å². The number of rotatable bonds is 5. The van der Waals surface area contributed by atoms with Crippen molar-refractivity contribution in [3.63, 3.8) is 0 Å². The minimum Gasteiger partial charge on any atom is -0.478 e. The Bertz CT molecular complexity index is 740. The number of likely N-dealkylation sites (N-methyl/N-ethyl adjacent to an activating group) is 1. The summed E-state index contributed by atoms with van der Waals surface area (Å²) in [5.74, 6) is -0.899. The lowest BCUT2D eigenvalue weighted by Gasteiger charge is -2.19. The predicted molar refractivity (Wildman–Crippen MR) is 94.2 cm³/mol. The zero-order valence-corrected chi connectivity index (χ0v) is 14.6. The first-order chi connectivity index (χ1) is 11.3. The molecule has 0 aromatic heterocycles. The molecule has 24 heavy (non-hydrogen) atoms. The third-order valence-corrected chi connectivity index (χ3v) is 4.21. The normalized spacial score (nSPS) is 10.5. The number of carboxylic acids is 1. The molecule has 4 nitrogen and oxygen atoms in total. The molecule has 1 N–H and O–H groups in total. The van der Waals surface area contributed by atoms with Gasteiger partial charge in [0.1, 0.15) is 0 Å². The highest BCUT2D eigenvalue weighted by atomic mass is 16.4. The number of nitrogens with zero attached hydrogens (tertiary/aromatic N) is 1. The van der Waals surface area contributed by atoms with Gasteiger partial charge in [-0.05, 0) is 55.2 Å². The van der Waals surface area contributed by atoms with Crippen LogP contribution in [0.1, 0.15) is 38.2 Å². The number of carboxylic acid groups (broad SMARTS) is 1. The number of benzene rings is 2. The van der Waals surface area contributed by atoms with Crippen molar-refractivity contribution in [3.05, 3.63) is 69.8 Å². The van der Waals surface area contributed by atoms with E-state index in [0.29, 0.717) is 13.0 Å². The van der Waals surface area contributed by atoms with Crippen molar-refractivity contribution in [2.75, 3.05) is 7.05 Å². The van der Waals surface area contributed by atoms with E-state index in [-0.39, 0.29) is 11.5 Å². The molecular weight excluding hydrogens is 302 g/mol. The maximum absolute atomic E-state index is 12.5. The van der Waals surface area contributed by atoms with Crippen molar-refractivity contribution in [3.8, 4) is 0 Å². The average Bonchev–Trinajstić information content (AvgIpc) is 2.51. The lowest BCUT2D eigenvalue weighted by molar-refractivity contribution is -0.129. The summed E-state index contributed by atoms with van der Waals surface area (Å²) in [7, 11) is 1.77. The molecule has 126 valence electrons. The number of hydrogen-bond acceptors (Lipinski definition) is 2. The molecule has 0 aliphatic rings. The topological polar surface area (TPSA) is 57.6 Å². The Hall–Kier alpha value is -2.62. The van der Waals surface area contributed by atoms with E-state index in [4.69, 9.17) is 5.11 Å². The van der Waals surface area contributed by atoms with Gasteiger partial charge in [0.2, 0.25) is 5.91 Å². The fourth-order valence-corrected chi connectivity index (χ4v) is 2.89. The SMILES string of the molecule is Cc1cc(C)c(CC(=O)N(C)Cc2ccc(C(=O)O)cc2)c(C)c1. The van der Waals surface area contributed by atoms with Crippen molar-refractivity contribution >= 4 is 11.9 Å². The number of carbonyl (C=O) groups is 2. The summed E-state index contributed by atoms with van der Waals surface area (Å²) in [6, 6.07) is 10.8. The Kier molecular flexibility index (Phi) is 5.39.